The first-order valence-electron chi connectivity index (χ1n) is 15.8. The van der Waals surface area contributed by atoms with Crippen molar-refractivity contribution in [2.45, 2.75) is 155 Å². The van der Waals surface area contributed by atoms with Crippen molar-refractivity contribution in [3.8, 4) is 0 Å². The van der Waals surface area contributed by atoms with Gasteiger partial charge in [-0.2, -0.15) is 0 Å². The van der Waals surface area contributed by atoms with Crippen molar-refractivity contribution in [3.05, 3.63) is 12.2 Å². The van der Waals surface area contributed by atoms with Crippen LogP contribution in [0, 0.1) is 22.7 Å². The minimum absolute atomic E-state index is 0.0237. The van der Waals surface area contributed by atoms with Crippen LogP contribution in [0.4, 0.5) is 0 Å². The second-order valence-electron chi connectivity index (χ2n) is 15.0. The molecule has 0 spiro atoms. The fourth-order valence-electron chi connectivity index (χ4n) is 6.33. The fourth-order valence-corrected chi connectivity index (χ4v) is 6.33. The first kappa shape index (κ1) is 38.0. The summed E-state index contributed by atoms with van der Waals surface area (Å²) in [7, 11) is 0. The fraction of sp³-hybridized carbons (Fsp3) is 0.906. The summed E-state index contributed by atoms with van der Waals surface area (Å²) in [5.74, 6) is -3.49. The van der Waals surface area contributed by atoms with Crippen LogP contribution >= 0.6 is 0 Å². The van der Waals surface area contributed by atoms with E-state index in [0.29, 0.717) is 13.0 Å². The molecule has 11 heteroatoms. The molecule has 2 rings (SSSR count). The molecule has 2 saturated heterocycles. The van der Waals surface area contributed by atoms with Crippen molar-refractivity contribution >= 4 is 5.91 Å². The third kappa shape index (κ3) is 11.3. The number of aliphatic hydroxyl groups is 5. The summed E-state index contributed by atoms with van der Waals surface area (Å²) in [5.41, 5.74) is 5.85. The third-order valence-corrected chi connectivity index (χ3v) is 8.32. The lowest BCUT2D eigenvalue weighted by Gasteiger charge is -2.46. The zero-order valence-corrected chi connectivity index (χ0v) is 27.7. The molecule has 2 aliphatic rings. The molecule has 0 aliphatic carbocycles. The summed E-state index contributed by atoms with van der Waals surface area (Å²) in [5, 5.41) is 57.2. The lowest BCUT2D eigenvalue weighted by atomic mass is 9.76. The van der Waals surface area contributed by atoms with Crippen molar-refractivity contribution in [3.63, 3.8) is 0 Å². The van der Waals surface area contributed by atoms with Crippen LogP contribution in [0.2, 0.25) is 0 Å². The summed E-state index contributed by atoms with van der Waals surface area (Å²) in [6, 6.07) is -0.991. The Morgan fingerprint density at radius 3 is 2.35 bits per heavy atom. The van der Waals surface area contributed by atoms with Gasteiger partial charge >= 0.3 is 0 Å². The van der Waals surface area contributed by atoms with E-state index in [1.165, 1.54) is 0 Å². The molecule has 8 N–H and O–H groups in total. The molecule has 11 nitrogen and oxygen atoms in total. The number of hydrogen-bond acceptors (Lipinski definition) is 10. The highest BCUT2D eigenvalue weighted by Gasteiger charge is 2.51. The smallest absolute Gasteiger partial charge is 0.228 e. The van der Waals surface area contributed by atoms with Crippen LogP contribution in [0.15, 0.2) is 12.2 Å². The maximum atomic E-state index is 13.7. The number of ether oxygens (including phenoxy) is 3. The minimum atomic E-state index is -1.88. The number of amides is 1. The average molecular weight is 617 g/mol. The van der Waals surface area contributed by atoms with Crippen molar-refractivity contribution in [1.29, 1.82) is 0 Å². The van der Waals surface area contributed by atoms with E-state index >= 15 is 0 Å². The molecule has 0 aromatic heterocycles. The van der Waals surface area contributed by atoms with Gasteiger partial charge in [0, 0.05) is 25.8 Å². The molecule has 5 unspecified atom stereocenters. The van der Waals surface area contributed by atoms with Gasteiger partial charge in [0.2, 0.25) is 5.91 Å². The Hall–Kier alpha value is -1.15. The Balaban J connectivity index is 2.35. The van der Waals surface area contributed by atoms with Crippen LogP contribution in [-0.4, -0.2) is 98.8 Å². The van der Waals surface area contributed by atoms with Crippen LogP contribution in [-0.2, 0) is 19.0 Å². The maximum Gasteiger partial charge on any atom is 0.228 e. The number of carbonyl (C=O) groups excluding carboxylic acids is 1. The quantitative estimate of drug-likeness (QED) is 0.151. The van der Waals surface area contributed by atoms with E-state index < -0.39 is 72.7 Å². The van der Waals surface area contributed by atoms with Gasteiger partial charge in [-0.1, -0.05) is 67.5 Å². The Morgan fingerprint density at radius 2 is 1.79 bits per heavy atom. The van der Waals surface area contributed by atoms with Gasteiger partial charge in [0.15, 0.2) is 12.1 Å². The summed E-state index contributed by atoms with van der Waals surface area (Å²) >= 11 is 0. The average Bonchev–Trinajstić information content (AvgIpc) is 2.85. The van der Waals surface area contributed by atoms with Crippen LogP contribution in [0.1, 0.15) is 94.4 Å². The third-order valence-electron chi connectivity index (χ3n) is 8.32. The van der Waals surface area contributed by atoms with Crippen LogP contribution in [0.5, 0.6) is 0 Å². The zero-order chi connectivity index (χ0) is 32.9. The molecule has 252 valence electrons. The molecule has 2 heterocycles. The number of carbonyl (C=O) groups is 1. The van der Waals surface area contributed by atoms with Gasteiger partial charge < -0.3 is 50.8 Å². The molecule has 0 bridgehead atoms. The number of allylic oxidation sites excluding steroid dienone is 1. The highest BCUT2D eigenvalue weighted by molar-refractivity contribution is 5.80. The van der Waals surface area contributed by atoms with Crippen molar-refractivity contribution < 1.29 is 44.5 Å². The van der Waals surface area contributed by atoms with Gasteiger partial charge in [0.1, 0.15) is 6.10 Å². The largest absolute Gasteiger partial charge is 0.393 e. The second-order valence-corrected chi connectivity index (χ2v) is 15.0. The standard InChI is InChI=1S/C32H60N2O9/c1-10-11-12-20(42-29-27(38)25(33)26(37)19(4)41-29)13-23-24(28(39)34-17-31(8,9)16-30(5,6)7)22(36)15-32(40,43-23)14-21(35)18(2)3/h11-12,18-27,29,35-38,40H,10,13-17,33H2,1-9H3,(H,34,39)/b12-11+/t19?,20-,21+,22-,23-,24+,25?,26?,27?,29?,32+/m0/s1. The molecule has 2 fully saturated rings. The van der Waals surface area contributed by atoms with Crippen LogP contribution < -0.4 is 11.1 Å². The van der Waals surface area contributed by atoms with Crippen molar-refractivity contribution in [2.75, 3.05) is 6.54 Å². The summed E-state index contributed by atoms with van der Waals surface area (Å²) < 4.78 is 18.1. The van der Waals surface area contributed by atoms with E-state index in [4.69, 9.17) is 19.9 Å². The Labute approximate surface area is 258 Å². The summed E-state index contributed by atoms with van der Waals surface area (Å²) in [4.78, 5) is 13.7. The number of hydrogen-bond donors (Lipinski definition) is 7. The highest BCUT2D eigenvalue weighted by atomic mass is 16.7. The van der Waals surface area contributed by atoms with Crippen LogP contribution in [0.3, 0.4) is 0 Å². The molecule has 2 aliphatic heterocycles. The maximum absolute atomic E-state index is 13.7. The number of nitrogens with one attached hydrogen (secondary N) is 1. The van der Waals surface area contributed by atoms with Crippen molar-refractivity contribution in [1.82, 2.24) is 5.32 Å². The lowest BCUT2D eigenvalue weighted by Crippen LogP contribution is -2.62. The SMILES string of the molecule is CC/C=C/[C@@H](C[C@@H]1O[C@](O)(C[C@@H](O)C(C)C)C[C@H](O)[C@H]1C(=O)NCC(C)(C)CC(C)(C)C)OC1OC(C)C(O)C(N)C1O. The first-order valence-corrected chi connectivity index (χ1v) is 15.8. The van der Waals surface area contributed by atoms with Gasteiger partial charge in [0.05, 0.1) is 48.6 Å². The van der Waals surface area contributed by atoms with E-state index in [0.717, 1.165) is 6.42 Å². The minimum Gasteiger partial charge on any atom is -0.393 e. The van der Waals surface area contributed by atoms with E-state index in [1.54, 1.807) is 13.0 Å². The second kappa shape index (κ2) is 15.4. The molecule has 43 heavy (non-hydrogen) atoms. The topological polar surface area (TPSA) is 184 Å². The van der Waals surface area contributed by atoms with Gasteiger partial charge in [-0.25, -0.2) is 0 Å². The normalized spacial score (nSPS) is 35.7. The number of nitrogens with two attached hydrogens (primary N) is 1. The number of aliphatic hydroxyl groups excluding tert-OH is 4. The van der Waals surface area contributed by atoms with E-state index in [-0.39, 0.29) is 36.0 Å². The molecule has 1 amide bonds. The van der Waals surface area contributed by atoms with E-state index in [2.05, 4.69) is 39.9 Å². The predicted octanol–water partition coefficient (Wildman–Crippen LogP) is 1.96. The molecule has 0 saturated carbocycles. The lowest BCUT2D eigenvalue weighted by molar-refractivity contribution is -0.307. The Kier molecular flexibility index (Phi) is 13.6. The summed E-state index contributed by atoms with van der Waals surface area (Å²) in [6.07, 6.45) is -3.40. The molecule has 0 aromatic rings. The van der Waals surface area contributed by atoms with Gasteiger partial charge in [-0.15, -0.1) is 0 Å². The Morgan fingerprint density at radius 1 is 1.16 bits per heavy atom. The van der Waals surface area contributed by atoms with Crippen LogP contribution in [0.25, 0.3) is 0 Å². The van der Waals surface area contributed by atoms with E-state index in [9.17, 15) is 30.3 Å². The highest BCUT2D eigenvalue weighted by Crippen LogP contribution is 2.39. The predicted molar refractivity (Wildman–Crippen MR) is 164 cm³/mol. The van der Waals surface area contributed by atoms with Crippen molar-refractivity contribution in [2.24, 2.45) is 28.4 Å². The van der Waals surface area contributed by atoms with E-state index in [1.807, 2.05) is 26.8 Å². The molecule has 11 atom stereocenters. The summed E-state index contributed by atoms with van der Waals surface area (Å²) in [6.45, 7) is 18.2. The van der Waals surface area contributed by atoms with Gasteiger partial charge in [-0.3, -0.25) is 4.79 Å². The van der Waals surface area contributed by atoms with Gasteiger partial charge in [0.25, 0.3) is 0 Å². The Bertz CT molecular complexity index is 908. The molecular weight excluding hydrogens is 556 g/mol. The molecule has 0 aromatic carbocycles. The monoisotopic (exact) mass is 616 g/mol. The molecular formula is C32H60N2O9. The first-order chi connectivity index (χ1) is 19.7. The molecule has 0 radical (unpaired) electrons. The number of rotatable bonds is 13. The zero-order valence-electron chi connectivity index (χ0n) is 27.7. The van der Waals surface area contributed by atoms with Gasteiger partial charge in [-0.05, 0) is 36.5 Å².